The SMILES string of the molecule is CCCCS(c1cc2ccccc2c(C(C)C)c1O)(C(C)C)C(C)C. The molecule has 0 radical (unpaired) electrons. The molecule has 0 aromatic heterocycles. The monoisotopic (exact) mass is 360 g/mol. The van der Waals surface area contributed by atoms with Crippen molar-refractivity contribution in [3.8, 4) is 5.75 Å². The van der Waals surface area contributed by atoms with Crippen molar-refractivity contribution in [2.24, 2.45) is 0 Å². The van der Waals surface area contributed by atoms with E-state index in [0.29, 0.717) is 22.2 Å². The minimum atomic E-state index is -1.10. The summed E-state index contributed by atoms with van der Waals surface area (Å²) in [5.74, 6) is 2.09. The highest BCUT2D eigenvalue weighted by atomic mass is 32.3. The Labute approximate surface area is 156 Å². The van der Waals surface area contributed by atoms with Crippen LogP contribution in [0.4, 0.5) is 0 Å². The molecule has 0 unspecified atom stereocenters. The summed E-state index contributed by atoms with van der Waals surface area (Å²) in [5.41, 5.74) is 1.13. The number of hydrogen-bond donors (Lipinski definition) is 1. The van der Waals surface area contributed by atoms with E-state index in [1.807, 2.05) is 0 Å². The van der Waals surface area contributed by atoms with E-state index in [0.717, 1.165) is 5.56 Å². The summed E-state index contributed by atoms with van der Waals surface area (Å²) in [6.07, 6.45) is 2.44. The number of phenols is 1. The van der Waals surface area contributed by atoms with Gasteiger partial charge in [-0.25, -0.2) is 10.0 Å². The Kier molecular flexibility index (Phi) is 6.48. The van der Waals surface area contributed by atoms with Gasteiger partial charge in [-0.3, -0.25) is 0 Å². The summed E-state index contributed by atoms with van der Waals surface area (Å²) in [6, 6.07) is 10.9. The minimum Gasteiger partial charge on any atom is -0.507 e. The fraction of sp³-hybridized carbons (Fsp3) is 0.565. The van der Waals surface area contributed by atoms with Gasteiger partial charge in [0.2, 0.25) is 0 Å². The van der Waals surface area contributed by atoms with Crippen molar-refractivity contribution in [1.82, 2.24) is 0 Å². The molecular formula is C23H36OS. The number of phenolic OH excluding ortho intramolecular Hbond substituents is 1. The van der Waals surface area contributed by atoms with Crippen molar-refractivity contribution in [1.29, 1.82) is 0 Å². The van der Waals surface area contributed by atoms with Crippen LogP contribution in [0.5, 0.6) is 5.75 Å². The van der Waals surface area contributed by atoms with Crippen molar-refractivity contribution in [3.05, 3.63) is 35.9 Å². The first-order valence-electron chi connectivity index (χ1n) is 9.80. The smallest absolute Gasteiger partial charge is 0.131 e. The van der Waals surface area contributed by atoms with Crippen LogP contribution in [0.1, 0.15) is 72.8 Å². The lowest BCUT2D eigenvalue weighted by molar-refractivity contribution is 0.452. The molecule has 2 rings (SSSR count). The number of benzene rings is 2. The number of fused-ring (bicyclic) bond motifs is 1. The minimum absolute atomic E-state index is 0.312. The first kappa shape index (κ1) is 20.2. The van der Waals surface area contributed by atoms with E-state index in [9.17, 15) is 5.11 Å². The van der Waals surface area contributed by atoms with E-state index in [1.165, 1.54) is 34.3 Å². The molecule has 0 atom stereocenters. The highest BCUT2D eigenvalue weighted by Gasteiger charge is 2.36. The van der Waals surface area contributed by atoms with Gasteiger partial charge in [0.05, 0.1) is 0 Å². The van der Waals surface area contributed by atoms with Gasteiger partial charge in [-0.2, -0.15) is 0 Å². The molecule has 0 aliphatic carbocycles. The fourth-order valence-electron chi connectivity index (χ4n) is 4.23. The summed E-state index contributed by atoms with van der Waals surface area (Å²) in [4.78, 5) is 1.24. The standard InChI is InChI=1S/C23H36OS/c1-8-9-14-25(17(4)5,18(6)7)21-15-19-12-10-11-13-20(19)22(16(2)3)23(21)24/h10-13,15-18,24H,8-9,14H2,1-7H3. The molecule has 0 aliphatic rings. The van der Waals surface area contributed by atoms with Crippen LogP contribution in [-0.2, 0) is 0 Å². The molecule has 0 heterocycles. The number of rotatable bonds is 7. The number of unbranched alkanes of at least 4 members (excludes halogenated alkanes) is 1. The van der Waals surface area contributed by atoms with Crippen LogP contribution in [0.3, 0.4) is 0 Å². The summed E-state index contributed by atoms with van der Waals surface area (Å²) in [7, 11) is -1.10. The molecule has 0 aliphatic heterocycles. The second-order valence-corrected chi connectivity index (χ2v) is 12.5. The Hall–Kier alpha value is -1.15. The Bertz CT molecular complexity index is 707. The van der Waals surface area contributed by atoms with Gasteiger partial charge >= 0.3 is 0 Å². The van der Waals surface area contributed by atoms with Crippen LogP contribution in [0, 0.1) is 0 Å². The molecule has 1 nitrogen and oxygen atoms in total. The quantitative estimate of drug-likeness (QED) is 0.543. The Morgan fingerprint density at radius 1 is 0.960 bits per heavy atom. The highest BCUT2D eigenvalue weighted by Crippen LogP contribution is 2.67. The molecule has 140 valence electrons. The lowest BCUT2D eigenvalue weighted by Gasteiger charge is -2.49. The maximum Gasteiger partial charge on any atom is 0.131 e. The molecule has 0 bridgehead atoms. The summed E-state index contributed by atoms with van der Waals surface area (Å²) in [5, 5.41) is 15.0. The lowest BCUT2D eigenvalue weighted by atomic mass is 9.95. The molecule has 25 heavy (non-hydrogen) atoms. The van der Waals surface area contributed by atoms with Gasteiger partial charge in [0.1, 0.15) is 5.75 Å². The van der Waals surface area contributed by atoms with E-state index in [1.54, 1.807) is 0 Å². The maximum absolute atomic E-state index is 11.4. The third-order valence-electron chi connectivity index (χ3n) is 5.53. The van der Waals surface area contributed by atoms with Gasteiger partial charge in [-0.05, 0) is 45.4 Å². The molecule has 2 aromatic carbocycles. The zero-order chi connectivity index (χ0) is 18.8. The van der Waals surface area contributed by atoms with Gasteiger partial charge in [-0.15, -0.1) is 0 Å². The van der Waals surface area contributed by atoms with E-state index >= 15 is 0 Å². The summed E-state index contributed by atoms with van der Waals surface area (Å²) in [6.45, 7) is 16.1. The second-order valence-electron chi connectivity index (χ2n) is 8.02. The average Bonchev–Trinajstić information content (AvgIpc) is 2.54. The van der Waals surface area contributed by atoms with Crippen LogP contribution in [0.25, 0.3) is 10.8 Å². The predicted molar refractivity (Wildman–Crippen MR) is 116 cm³/mol. The maximum atomic E-state index is 11.4. The molecule has 1 N–H and O–H groups in total. The van der Waals surface area contributed by atoms with Gasteiger partial charge < -0.3 is 5.11 Å². The van der Waals surface area contributed by atoms with Gasteiger partial charge in [0.25, 0.3) is 0 Å². The zero-order valence-corrected chi connectivity index (χ0v) is 17.9. The zero-order valence-electron chi connectivity index (χ0n) is 17.1. The fourth-order valence-corrected chi connectivity index (χ4v) is 9.08. The van der Waals surface area contributed by atoms with Crippen LogP contribution in [0.2, 0.25) is 0 Å². The van der Waals surface area contributed by atoms with Gasteiger partial charge in [0, 0.05) is 10.5 Å². The average molecular weight is 361 g/mol. The molecule has 0 spiro atoms. The predicted octanol–water partition coefficient (Wildman–Crippen LogP) is 7.45. The van der Waals surface area contributed by atoms with Gasteiger partial charge in [-0.1, -0.05) is 79.2 Å². The first-order valence-corrected chi connectivity index (χ1v) is 11.7. The van der Waals surface area contributed by atoms with Crippen molar-refractivity contribution >= 4 is 20.8 Å². The molecule has 0 amide bonds. The van der Waals surface area contributed by atoms with Crippen LogP contribution < -0.4 is 0 Å². The molecule has 2 aromatic rings. The van der Waals surface area contributed by atoms with Crippen LogP contribution in [0.15, 0.2) is 35.2 Å². The van der Waals surface area contributed by atoms with Crippen LogP contribution >= 0.6 is 10.0 Å². The normalized spacial score (nSPS) is 13.4. The van der Waals surface area contributed by atoms with Crippen LogP contribution in [-0.4, -0.2) is 21.4 Å². The molecule has 2 heteroatoms. The van der Waals surface area contributed by atoms with Crippen molar-refractivity contribution in [3.63, 3.8) is 0 Å². The lowest BCUT2D eigenvalue weighted by Crippen LogP contribution is -2.25. The second kappa shape index (κ2) is 8.03. The Balaban J connectivity index is 2.86. The summed E-state index contributed by atoms with van der Waals surface area (Å²) < 4.78 is 0. The third kappa shape index (κ3) is 3.56. The highest BCUT2D eigenvalue weighted by molar-refractivity contribution is 8.34. The third-order valence-corrected chi connectivity index (χ3v) is 11.0. The number of aromatic hydroxyl groups is 1. The largest absolute Gasteiger partial charge is 0.507 e. The Morgan fingerprint density at radius 3 is 2.08 bits per heavy atom. The van der Waals surface area contributed by atoms with E-state index < -0.39 is 10.0 Å². The van der Waals surface area contributed by atoms with Crippen molar-refractivity contribution in [2.75, 3.05) is 5.75 Å². The van der Waals surface area contributed by atoms with E-state index in [2.05, 4.69) is 78.8 Å². The van der Waals surface area contributed by atoms with E-state index in [4.69, 9.17) is 0 Å². The number of hydrogen-bond acceptors (Lipinski definition) is 1. The molecular weight excluding hydrogens is 324 g/mol. The van der Waals surface area contributed by atoms with Gasteiger partial charge in [0.15, 0.2) is 0 Å². The first-order chi connectivity index (χ1) is 11.8. The summed E-state index contributed by atoms with van der Waals surface area (Å²) >= 11 is 0. The molecule has 0 saturated carbocycles. The van der Waals surface area contributed by atoms with E-state index in [-0.39, 0.29) is 0 Å². The van der Waals surface area contributed by atoms with Crippen molar-refractivity contribution in [2.45, 2.75) is 82.6 Å². The van der Waals surface area contributed by atoms with Crippen molar-refractivity contribution < 1.29 is 5.11 Å². The Morgan fingerprint density at radius 2 is 1.56 bits per heavy atom. The molecule has 0 saturated heterocycles. The molecule has 0 fully saturated rings. The topological polar surface area (TPSA) is 20.2 Å².